The van der Waals surface area contributed by atoms with Crippen molar-refractivity contribution in [2.45, 2.75) is 25.9 Å². The highest BCUT2D eigenvalue weighted by Gasteiger charge is 2.09. The molecule has 0 unspecified atom stereocenters. The number of aliphatic hydroxyl groups excluding tert-OH is 1. The Morgan fingerprint density at radius 2 is 2.11 bits per heavy atom. The standard InChI is InChI=1S/C14H18FN3O/c1-10(6-7-19)16-8-12-9-17-18-14(12)11-2-4-13(15)5-3-11/h2-5,9-10,16,19H,6-8H2,1H3,(H,17,18)/t10-/m1/s1. The minimum absolute atomic E-state index is 0.171. The summed E-state index contributed by atoms with van der Waals surface area (Å²) >= 11 is 0. The van der Waals surface area contributed by atoms with Gasteiger partial charge in [-0.05, 0) is 37.6 Å². The summed E-state index contributed by atoms with van der Waals surface area (Å²) in [7, 11) is 0. The minimum atomic E-state index is -0.250. The summed E-state index contributed by atoms with van der Waals surface area (Å²) in [4.78, 5) is 0. The first-order valence-electron chi connectivity index (χ1n) is 6.33. The van der Waals surface area contributed by atoms with Crippen molar-refractivity contribution in [3.05, 3.63) is 41.8 Å². The van der Waals surface area contributed by atoms with E-state index in [1.54, 1.807) is 18.3 Å². The maximum absolute atomic E-state index is 12.9. The zero-order valence-corrected chi connectivity index (χ0v) is 10.9. The predicted molar refractivity (Wildman–Crippen MR) is 72.0 cm³/mol. The van der Waals surface area contributed by atoms with Gasteiger partial charge in [0.2, 0.25) is 0 Å². The molecule has 0 bridgehead atoms. The number of nitrogens with zero attached hydrogens (tertiary/aromatic N) is 1. The lowest BCUT2D eigenvalue weighted by Crippen LogP contribution is -2.26. The van der Waals surface area contributed by atoms with Crippen molar-refractivity contribution in [3.8, 4) is 11.3 Å². The first kappa shape index (κ1) is 13.7. The van der Waals surface area contributed by atoms with Gasteiger partial charge in [-0.1, -0.05) is 0 Å². The van der Waals surface area contributed by atoms with Crippen LogP contribution >= 0.6 is 0 Å². The van der Waals surface area contributed by atoms with E-state index in [0.29, 0.717) is 13.0 Å². The second kappa shape index (κ2) is 6.45. The van der Waals surface area contributed by atoms with Gasteiger partial charge in [-0.3, -0.25) is 5.10 Å². The van der Waals surface area contributed by atoms with Gasteiger partial charge in [0, 0.05) is 30.3 Å². The molecule has 0 radical (unpaired) electrons. The fourth-order valence-corrected chi connectivity index (χ4v) is 1.89. The molecule has 1 aromatic carbocycles. The van der Waals surface area contributed by atoms with E-state index in [4.69, 9.17) is 5.11 Å². The smallest absolute Gasteiger partial charge is 0.123 e. The largest absolute Gasteiger partial charge is 0.396 e. The van der Waals surface area contributed by atoms with Crippen LogP contribution in [-0.4, -0.2) is 28.0 Å². The SMILES string of the molecule is C[C@H](CCO)NCc1cn[nH]c1-c1ccc(F)cc1. The van der Waals surface area contributed by atoms with Crippen LogP contribution in [0.5, 0.6) is 0 Å². The molecule has 1 atom stereocenters. The molecular formula is C14H18FN3O. The lowest BCUT2D eigenvalue weighted by atomic mass is 10.1. The minimum Gasteiger partial charge on any atom is -0.396 e. The number of nitrogens with one attached hydrogen (secondary N) is 2. The van der Waals surface area contributed by atoms with Gasteiger partial charge in [0.1, 0.15) is 5.82 Å². The molecular weight excluding hydrogens is 245 g/mol. The third-order valence-corrected chi connectivity index (χ3v) is 3.05. The average Bonchev–Trinajstić information content (AvgIpc) is 2.86. The highest BCUT2D eigenvalue weighted by Crippen LogP contribution is 2.21. The molecule has 4 nitrogen and oxygen atoms in total. The fourth-order valence-electron chi connectivity index (χ4n) is 1.89. The normalized spacial score (nSPS) is 12.6. The molecule has 5 heteroatoms. The maximum atomic E-state index is 12.9. The Bertz CT molecular complexity index is 510. The number of benzene rings is 1. The maximum Gasteiger partial charge on any atom is 0.123 e. The lowest BCUT2D eigenvalue weighted by molar-refractivity contribution is 0.268. The first-order chi connectivity index (χ1) is 9.20. The number of H-pyrrole nitrogens is 1. The molecule has 1 heterocycles. The lowest BCUT2D eigenvalue weighted by Gasteiger charge is -2.12. The Morgan fingerprint density at radius 1 is 1.37 bits per heavy atom. The summed E-state index contributed by atoms with van der Waals surface area (Å²) in [5.41, 5.74) is 2.82. The van der Waals surface area contributed by atoms with Crippen LogP contribution in [0.15, 0.2) is 30.5 Å². The number of halogens is 1. The third kappa shape index (κ3) is 3.62. The van der Waals surface area contributed by atoms with Gasteiger partial charge >= 0.3 is 0 Å². The number of hydrogen-bond donors (Lipinski definition) is 3. The van der Waals surface area contributed by atoms with Crippen molar-refractivity contribution >= 4 is 0 Å². The number of aromatic nitrogens is 2. The van der Waals surface area contributed by atoms with Crippen LogP contribution in [0, 0.1) is 5.82 Å². The quantitative estimate of drug-likeness (QED) is 0.747. The number of rotatable bonds is 6. The van der Waals surface area contributed by atoms with Crippen molar-refractivity contribution < 1.29 is 9.50 Å². The van der Waals surface area contributed by atoms with Crippen LogP contribution in [0.4, 0.5) is 4.39 Å². The van der Waals surface area contributed by atoms with Crippen LogP contribution in [0.2, 0.25) is 0 Å². The molecule has 102 valence electrons. The monoisotopic (exact) mass is 263 g/mol. The van der Waals surface area contributed by atoms with Gasteiger partial charge in [-0.2, -0.15) is 5.10 Å². The van der Waals surface area contributed by atoms with Crippen molar-refractivity contribution in [2.24, 2.45) is 0 Å². The molecule has 0 aliphatic carbocycles. The van der Waals surface area contributed by atoms with Crippen molar-refractivity contribution in [1.29, 1.82) is 0 Å². The van der Waals surface area contributed by atoms with Crippen molar-refractivity contribution in [2.75, 3.05) is 6.61 Å². The number of aliphatic hydroxyl groups is 1. The van der Waals surface area contributed by atoms with Crippen LogP contribution < -0.4 is 5.32 Å². The van der Waals surface area contributed by atoms with Crippen molar-refractivity contribution in [1.82, 2.24) is 15.5 Å². The van der Waals surface area contributed by atoms with E-state index >= 15 is 0 Å². The molecule has 0 fully saturated rings. The zero-order chi connectivity index (χ0) is 13.7. The fraction of sp³-hybridized carbons (Fsp3) is 0.357. The molecule has 0 saturated carbocycles. The summed E-state index contributed by atoms with van der Waals surface area (Å²) in [6, 6.07) is 6.55. The third-order valence-electron chi connectivity index (χ3n) is 3.05. The summed E-state index contributed by atoms with van der Waals surface area (Å²) in [6.45, 7) is 2.85. The Hall–Kier alpha value is -1.72. The van der Waals surface area contributed by atoms with E-state index in [-0.39, 0.29) is 18.5 Å². The van der Waals surface area contributed by atoms with E-state index in [1.165, 1.54) is 12.1 Å². The summed E-state index contributed by atoms with van der Waals surface area (Å²) in [6.07, 6.45) is 2.47. The zero-order valence-electron chi connectivity index (χ0n) is 10.9. The summed E-state index contributed by atoms with van der Waals surface area (Å²) < 4.78 is 12.9. The van der Waals surface area contributed by atoms with Crippen LogP contribution in [0.3, 0.4) is 0 Å². The topological polar surface area (TPSA) is 60.9 Å². The van der Waals surface area contributed by atoms with Gasteiger partial charge in [-0.25, -0.2) is 4.39 Å². The molecule has 2 rings (SSSR count). The van der Waals surface area contributed by atoms with Gasteiger partial charge in [0.15, 0.2) is 0 Å². The molecule has 19 heavy (non-hydrogen) atoms. The molecule has 1 aromatic heterocycles. The second-order valence-electron chi connectivity index (χ2n) is 4.57. The molecule has 0 spiro atoms. The van der Waals surface area contributed by atoms with Crippen LogP contribution in [-0.2, 0) is 6.54 Å². The van der Waals surface area contributed by atoms with Crippen LogP contribution in [0.1, 0.15) is 18.9 Å². The Kier molecular flexibility index (Phi) is 4.65. The Labute approximate surface area is 111 Å². The summed E-state index contributed by atoms with van der Waals surface area (Å²) in [5, 5.41) is 19.1. The van der Waals surface area contributed by atoms with E-state index < -0.39 is 0 Å². The van der Waals surface area contributed by atoms with Gasteiger partial charge in [0.05, 0.1) is 11.9 Å². The Morgan fingerprint density at radius 3 is 2.79 bits per heavy atom. The van der Waals surface area contributed by atoms with Crippen LogP contribution in [0.25, 0.3) is 11.3 Å². The predicted octanol–water partition coefficient (Wildman–Crippen LogP) is 2.08. The molecule has 2 aromatic rings. The van der Waals surface area contributed by atoms with E-state index in [2.05, 4.69) is 15.5 Å². The van der Waals surface area contributed by atoms with Crippen molar-refractivity contribution in [3.63, 3.8) is 0 Å². The van der Waals surface area contributed by atoms with Gasteiger partial charge < -0.3 is 10.4 Å². The first-order valence-corrected chi connectivity index (χ1v) is 6.33. The van der Waals surface area contributed by atoms with Gasteiger partial charge in [0.25, 0.3) is 0 Å². The highest BCUT2D eigenvalue weighted by molar-refractivity contribution is 5.62. The molecule has 3 N–H and O–H groups in total. The van der Waals surface area contributed by atoms with E-state index in [0.717, 1.165) is 16.8 Å². The van der Waals surface area contributed by atoms with E-state index in [1.807, 2.05) is 6.92 Å². The number of hydrogen-bond acceptors (Lipinski definition) is 3. The molecule has 0 amide bonds. The van der Waals surface area contributed by atoms with Gasteiger partial charge in [-0.15, -0.1) is 0 Å². The molecule has 0 aliphatic heterocycles. The Balaban J connectivity index is 2.07. The highest BCUT2D eigenvalue weighted by atomic mass is 19.1. The average molecular weight is 263 g/mol. The summed E-state index contributed by atoms with van der Waals surface area (Å²) in [5.74, 6) is -0.250. The molecule has 0 aliphatic rings. The number of aromatic amines is 1. The molecule has 0 saturated heterocycles. The second-order valence-corrected chi connectivity index (χ2v) is 4.57. The van der Waals surface area contributed by atoms with E-state index in [9.17, 15) is 4.39 Å².